The van der Waals surface area contributed by atoms with Crippen molar-refractivity contribution in [2.24, 2.45) is 5.73 Å². The normalized spacial score (nSPS) is 12.5. The largest absolute Gasteiger partial charge is 0.504 e. The molecule has 0 amide bonds. The average Bonchev–Trinajstić information content (AvgIpc) is 2.48. The zero-order valence-electron chi connectivity index (χ0n) is 11.9. The van der Waals surface area contributed by atoms with E-state index in [-0.39, 0.29) is 17.1 Å². The van der Waals surface area contributed by atoms with Crippen molar-refractivity contribution in [3.05, 3.63) is 69.6 Å². The second kappa shape index (κ2) is 5.20. The smallest absolute Gasteiger partial charge is 0.336 e. The highest BCUT2D eigenvalue weighted by Crippen LogP contribution is 2.34. The lowest BCUT2D eigenvalue weighted by Gasteiger charge is -2.16. The lowest BCUT2D eigenvalue weighted by atomic mass is 9.94. The Morgan fingerprint density at radius 2 is 1.73 bits per heavy atom. The molecule has 0 fully saturated rings. The highest BCUT2D eigenvalue weighted by molar-refractivity contribution is 5.84. The summed E-state index contributed by atoms with van der Waals surface area (Å²) in [6.07, 6.45) is 0. The Morgan fingerprint density at radius 1 is 1.05 bits per heavy atom. The van der Waals surface area contributed by atoms with Crippen LogP contribution in [-0.4, -0.2) is 10.2 Å². The molecule has 3 rings (SSSR count). The van der Waals surface area contributed by atoms with E-state index < -0.39 is 11.7 Å². The van der Waals surface area contributed by atoms with Crippen molar-refractivity contribution in [3.8, 4) is 11.5 Å². The summed E-state index contributed by atoms with van der Waals surface area (Å²) in [6, 6.07) is 10.9. The third kappa shape index (κ3) is 2.31. The van der Waals surface area contributed by atoms with Crippen LogP contribution in [0.25, 0.3) is 11.0 Å². The third-order valence-corrected chi connectivity index (χ3v) is 3.73. The van der Waals surface area contributed by atoms with Gasteiger partial charge < -0.3 is 20.4 Å². The number of benzene rings is 2. The topological polar surface area (TPSA) is 96.7 Å². The Bertz CT molecular complexity index is 914. The average molecular weight is 297 g/mol. The number of phenols is 2. The summed E-state index contributed by atoms with van der Waals surface area (Å²) in [5.74, 6) is -0.642. The summed E-state index contributed by atoms with van der Waals surface area (Å²) in [4.78, 5) is 11.8. The Kier molecular flexibility index (Phi) is 3.35. The molecule has 3 aromatic rings. The highest BCUT2D eigenvalue weighted by Gasteiger charge is 2.17. The van der Waals surface area contributed by atoms with Crippen molar-refractivity contribution in [2.75, 3.05) is 0 Å². The molecule has 0 aliphatic rings. The fourth-order valence-corrected chi connectivity index (χ4v) is 2.57. The van der Waals surface area contributed by atoms with Crippen molar-refractivity contribution >= 4 is 11.0 Å². The van der Waals surface area contributed by atoms with E-state index in [4.69, 9.17) is 10.2 Å². The molecule has 5 heteroatoms. The molecule has 0 saturated heterocycles. The maximum Gasteiger partial charge on any atom is 0.336 e. The Morgan fingerprint density at radius 3 is 2.45 bits per heavy atom. The van der Waals surface area contributed by atoms with Gasteiger partial charge in [0.05, 0.1) is 6.04 Å². The number of aromatic hydroxyl groups is 2. The molecule has 2 aromatic carbocycles. The van der Waals surface area contributed by atoms with Crippen LogP contribution in [0.2, 0.25) is 0 Å². The number of hydrogen-bond donors (Lipinski definition) is 3. The van der Waals surface area contributed by atoms with Gasteiger partial charge in [0.25, 0.3) is 0 Å². The molecule has 1 aromatic heterocycles. The minimum atomic E-state index is -0.559. The molecule has 0 spiro atoms. The van der Waals surface area contributed by atoms with Crippen LogP contribution in [0.3, 0.4) is 0 Å². The van der Waals surface area contributed by atoms with Crippen LogP contribution in [0, 0.1) is 6.92 Å². The predicted octanol–water partition coefficient (Wildman–Crippen LogP) is 2.56. The van der Waals surface area contributed by atoms with Gasteiger partial charge in [0.1, 0.15) is 5.58 Å². The van der Waals surface area contributed by atoms with E-state index in [2.05, 4.69) is 0 Å². The van der Waals surface area contributed by atoms with Gasteiger partial charge in [-0.05, 0) is 29.7 Å². The quantitative estimate of drug-likeness (QED) is 0.499. The molecule has 0 aliphatic heterocycles. The molecular weight excluding hydrogens is 282 g/mol. The number of hydrogen-bond acceptors (Lipinski definition) is 5. The van der Waals surface area contributed by atoms with E-state index >= 15 is 0 Å². The minimum Gasteiger partial charge on any atom is -0.504 e. The van der Waals surface area contributed by atoms with Crippen LogP contribution in [0.5, 0.6) is 11.5 Å². The van der Waals surface area contributed by atoms with E-state index in [1.165, 1.54) is 18.2 Å². The van der Waals surface area contributed by atoms with Crippen molar-refractivity contribution < 1.29 is 14.6 Å². The highest BCUT2D eigenvalue weighted by atomic mass is 16.4. The van der Waals surface area contributed by atoms with E-state index in [1.807, 2.05) is 31.2 Å². The van der Waals surface area contributed by atoms with Crippen molar-refractivity contribution in [3.63, 3.8) is 0 Å². The fraction of sp³-hybridized carbons (Fsp3) is 0.118. The zero-order chi connectivity index (χ0) is 15.9. The first-order chi connectivity index (χ1) is 10.5. The van der Waals surface area contributed by atoms with Gasteiger partial charge in [-0.2, -0.15) is 0 Å². The lowest BCUT2D eigenvalue weighted by molar-refractivity contribution is 0.403. The molecular formula is C17H15NO4. The summed E-state index contributed by atoms with van der Waals surface area (Å²) in [5, 5.41) is 19.8. The van der Waals surface area contributed by atoms with Gasteiger partial charge >= 0.3 is 5.63 Å². The summed E-state index contributed by atoms with van der Waals surface area (Å²) in [7, 11) is 0. The molecule has 1 heterocycles. The SMILES string of the molecule is Cc1ccccc1C(N)c1cc(=O)oc2cc(O)c(O)cc12. The van der Waals surface area contributed by atoms with E-state index in [0.717, 1.165) is 11.1 Å². The first kappa shape index (κ1) is 14.2. The van der Waals surface area contributed by atoms with E-state index in [9.17, 15) is 15.0 Å². The molecule has 0 saturated carbocycles. The Hall–Kier alpha value is -2.79. The van der Waals surface area contributed by atoms with Crippen molar-refractivity contribution in [1.82, 2.24) is 0 Å². The van der Waals surface area contributed by atoms with Gasteiger partial charge in [-0.15, -0.1) is 0 Å². The zero-order valence-corrected chi connectivity index (χ0v) is 11.9. The molecule has 4 N–H and O–H groups in total. The van der Waals surface area contributed by atoms with Crippen molar-refractivity contribution in [1.29, 1.82) is 0 Å². The standard InChI is InChI=1S/C17H15NO4/c1-9-4-2-3-5-10(9)17(18)12-7-16(21)22-15-8-14(20)13(19)6-11(12)15/h2-8,17,19-20H,18H2,1H3. The van der Waals surface area contributed by atoms with E-state index in [1.54, 1.807) is 0 Å². The summed E-state index contributed by atoms with van der Waals surface area (Å²) in [5.41, 5.74) is 8.35. The van der Waals surface area contributed by atoms with Crippen LogP contribution in [-0.2, 0) is 0 Å². The maximum absolute atomic E-state index is 11.8. The van der Waals surface area contributed by atoms with Crippen molar-refractivity contribution in [2.45, 2.75) is 13.0 Å². The second-order valence-electron chi connectivity index (χ2n) is 5.19. The molecule has 1 atom stereocenters. The van der Waals surface area contributed by atoms with Gasteiger partial charge in [-0.25, -0.2) is 4.79 Å². The first-order valence-electron chi connectivity index (χ1n) is 6.78. The van der Waals surface area contributed by atoms with Gasteiger partial charge in [0.15, 0.2) is 11.5 Å². The number of nitrogens with two attached hydrogens (primary N) is 1. The van der Waals surface area contributed by atoms with Gasteiger partial charge in [-0.3, -0.25) is 0 Å². The molecule has 0 aliphatic carbocycles. The lowest BCUT2D eigenvalue weighted by Crippen LogP contribution is -2.16. The number of fused-ring (bicyclic) bond motifs is 1. The van der Waals surface area contributed by atoms with Gasteiger partial charge in [0, 0.05) is 17.5 Å². The maximum atomic E-state index is 11.8. The molecule has 112 valence electrons. The fourth-order valence-electron chi connectivity index (χ4n) is 2.57. The third-order valence-electron chi connectivity index (χ3n) is 3.73. The van der Waals surface area contributed by atoms with Crippen LogP contribution in [0.1, 0.15) is 22.7 Å². The minimum absolute atomic E-state index is 0.182. The summed E-state index contributed by atoms with van der Waals surface area (Å²) >= 11 is 0. The predicted molar refractivity (Wildman–Crippen MR) is 83.0 cm³/mol. The Balaban J connectivity index is 2.28. The molecule has 22 heavy (non-hydrogen) atoms. The number of phenolic OH excluding ortho intramolecular Hbond substituents is 2. The van der Waals surface area contributed by atoms with E-state index in [0.29, 0.717) is 10.9 Å². The monoisotopic (exact) mass is 297 g/mol. The first-order valence-corrected chi connectivity index (χ1v) is 6.78. The van der Waals surface area contributed by atoms with Crippen LogP contribution >= 0.6 is 0 Å². The molecule has 1 unspecified atom stereocenters. The molecule has 0 bridgehead atoms. The van der Waals surface area contributed by atoms with Crippen LogP contribution < -0.4 is 11.4 Å². The summed E-state index contributed by atoms with van der Waals surface area (Å²) < 4.78 is 5.07. The summed E-state index contributed by atoms with van der Waals surface area (Å²) in [6.45, 7) is 1.94. The second-order valence-corrected chi connectivity index (χ2v) is 5.19. The Labute approximate surface area is 126 Å². The molecule has 0 radical (unpaired) electrons. The number of rotatable bonds is 2. The molecule has 5 nitrogen and oxygen atoms in total. The van der Waals surface area contributed by atoms with Crippen LogP contribution in [0.15, 0.2) is 51.7 Å². The van der Waals surface area contributed by atoms with Gasteiger partial charge in [0.2, 0.25) is 0 Å². The number of aryl methyl sites for hydroxylation is 1. The van der Waals surface area contributed by atoms with Gasteiger partial charge in [-0.1, -0.05) is 24.3 Å². The van der Waals surface area contributed by atoms with Crippen LogP contribution in [0.4, 0.5) is 0 Å².